The number of hydrogen-bond acceptors (Lipinski definition) is 46. The highest BCUT2D eigenvalue weighted by molar-refractivity contribution is 7.48. The van der Waals surface area contributed by atoms with Crippen LogP contribution in [0.15, 0.2) is 152 Å². The summed E-state index contributed by atoms with van der Waals surface area (Å²) in [7, 11) is -27.9. The summed E-state index contributed by atoms with van der Waals surface area (Å²) in [6.45, 7) is -4.19. The minimum Gasteiger partial charge on any atom is -0.457 e. The lowest BCUT2D eigenvalue weighted by molar-refractivity contribution is -0.0968. The maximum Gasteiger partial charge on any atom is 0.472 e. The van der Waals surface area contributed by atoms with Crippen LogP contribution in [-0.4, -0.2) is 250 Å². The standard InChI is InChI=1S/C79H86N27O35P5/c1-34-21-101(78(113)100-69(34)108)53-16-41(47(132-53)22-124-79(35-9-3-2-4-10-35)36-11-5-7-13-39(36)130-40-14-8-6-12-37(40)79)137-143(116,117)126-25-49-43(18-55(134-49)104-31-89-60-66(104)93-75(82)97-71(60)110)140-145(120,121)128-27-51-45(20-57(136-51)106-33-91-62-68(106)95-77(84)99-73(62)112)141-146(122,123)129-26-50-44(19-56(135-50)105-32-90-61-67(105)94-76(83)98-72(61)111)139-144(118,119)127-24-48-42(17-54(133-48)102-29-87-58-63(80)85-28-86-64(58)102)138-142(114,115)125-23-46-38(107)15-52(131-46)103-30-88-59-65(103)92-74(81)96-70(59)109/h2-14,21,28-33,38,41-57,107H,15-20,22-27H2,1H3,(H,114,115)(H,116,117)(H,118,119)(H,120,121)(H,122,123)(H2,80,85,86)(H,100,108,113)(H3,81,92,96,109)(H3,82,93,97,110)(H3,83,94,98,111)(H3,84,95,99,112)/t38-,41-,42-,43-,44-,45-,46+,47+,48+,49+,50+,51+,52+,53+,54+,55+,56+,57+/m0/s1. The van der Waals surface area contributed by atoms with Gasteiger partial charge in [0.05, 0.1) is 77.4 Å². The Morgan fingerprint density at radius 1 is 0.370 bits per heavy atom. The van der Waals surface area contributed by atoms with Crippen LogP contribution in [0.1, 0.15) is 98.1 Å². The quantitative estimate of drug-likeness (QED) is 0.0252. The van der Waals surface area contributed by atoms with Crippen LogP contribution in [0.25, 0.3) is 55.8 Å². The molecule has 0 spiro atoms. The topological polar surface area (TPSA) is 856 Å². The highest BCUT2D eigenvalue weighted by atomic mass is 31.2. The first-order valence-corrected chi connectivity index (χ1v) is 51.8. The second-order valence-corrected chi connectivity index (χ2v) is 41.4. The molecule has 772 valence electrons. The van der Waals surface area contributed by atoms with E-state index >= 15 is 0 Å². The molecule has 3 aromatic carbocycles. The molecule has 14 aromatic rings. The SMILES string of the molecule is Cc1cn([C@H]2C[C@H](OP(=O)(O)OC[C@H]3O[C@@H](n4cnc5c(=O)[nH]c(N)nc54)C[C@@H]3OP(=O)(O)OC[C@H]3O[C@@H](n4cnc5c(=O)[nH]c(N)nc54)C[C@@H]3OP(=O)(O)OC[C@H]3O[C@@H](n4cnc5c(=O)[nH]c(N)nc54)C[C@@H]3OP(=O)(O)OC[C@H]3O[C@@H](n4cnc5c(N)ncnc54)C[C@@H]3OP(=O)(O)OC[C@H]3O[C@@H](n4cnc5c(=O)[nH]c(N)nc54)C[C@@H]3O)[C@@H](COC3(c4ccccc4)c4ccccc4Oc4ccccc43)O2)c(=O)[nH]c1=O. The van der Waals surface area contributed by atoms with Gasteiger partial charge in [0.1, 0.15) is 128 Å². The van der Waals surface area contributed by atoms with Crippen LogP contribution in [0.2, 0.25) is 0 Å². The number of aromatic nitrogens is 22. The molecule has 0 aliphatic carbocycles. The van der Waals surface area contributed by atoms with Gasteiger partial charge in [-0.15, -0.1) is 0 Å². The fourth-order valence-corrected chi connectivity index (χ4v) is 23.2. The van der Waals surface area contributed by atoms with Crippen LogP contribution in [-0.2, 0) is 107 Å². The number of nitrogens with one attached hydrogen (secondary N) is 5. The van der Waals surface area contributed by atoms with E-state index in [1.165, 1.54) is 39.5 Å². The van der Waals surface area contributed by atoms with E-state index in [1.807, 2.05) is 18.2 Å². The third kappa shape index (κ3) is 19.8. The van der Waals surface area contributed by atoms with Gasteiger partial charge in [0.15, 0.2) is 61.7 Å². The Bertz CT molecular complexity index is 8020. The van der Waals surface area contributed by atoms with Gasteiger partial charge in [-0.1, -0.05) is 66.7 Å². The third-order valence-electron chi connectivity index (χ3n) is 25.1. The maximum absolute atomic E-state index is 14.9. The lowest BCUT2D eigenvalue weighted by atomic mass is 9.77. The third-order valence-corrected chi connectivity index (χ3v) is 30.1. The lowest BCUT2D eigenvalue weighted by Crippen LogP contribution is -2.40. The number of rotatable bonds is 35. The summed E-state index contributed by atoms with van der Waals surface area (Å²) in [5.74, 6) is -0.623. The molecule has 6 fully saturated rings. The predicted octanol–water partition coefficient (Wildman–Crippen LogP) is 1.84. The predicted molar refractivity (Wildman–Crippen MR) is 492 cm³/mol. The molecule has 146 heavy (non-hydrogen) atoms. The molecule has 0 saturated carbocycles. The zero-order valence-corrected chi connectivity index (χ0v) is 79.6. The smallest absolute Gasteiger partial charge is 0.457 e. The number of aromatic amines is 5. The fraction of sp³-hybridized carbons (Fsp3) is 0.405. The fourth-order valence-electron chi connectivity index (χ4n) is 18.4. The number of phosphoric acid groups is 5. The zero-order chi connectivity index (χ0) is 102. The number of hydrogen-bond donors (Lipinski definition) is 16. The van der Waals surface area contributed by atoms with Gasteiger partial charge in [0, 0.05) is 61.4 Å². The average Bonchev–Trinajstić information content (AvgIpc) is 0.767. The second kappa shape index (κ2) is 38.9. The molecule has 11 aromatic heterocycles. The summed E-state index contributed by atoms with van der Waals surface area (Å²) in [5.41, 5.74) is 24.1. The van der Waals surface area contributed by atoms with Crippen molar-refractivity contribution < 1.29 is 136 Å². The number of aryl methyl sites for hydroxylation is 1. The Balaban J connectivity index is 0.523. The van der Waals surface area contributed by atoms with Crippen LogP contribution in [0.3, 0.4) is 0 Å². The van der Waals surface area contributed by atoms with Crippen LogP contribution >= 0.6 is 39.1 Å². The number of para-hydroxylation sites is 2. The van der Waals surface area contributed by atoms with Crippen LogP contribution < -0.4 is 66.9 Å². The van der Waals surface area contributed by atoms with Crippen molar-refractivity contribution in [2.45, 2.75) is 162 Å². The van der Waals surface area contributed by atoms with E-state index < -0.39 is 260 Å². The van der Waals surface area contributed by atoms with Gasteiger partial charge in [0.25, 0.3) is 27.8 Å². The number of nitrogen functional groups attached to an aromatic ring is 5. The van der Waals surface area contributed by atoms with Gasteiger partial charge in [-0.25, -0.2) is 62.5 Å². The molecule has 0 amide bonds. The minimum absolute atomic E-state index is 0.000566. The number of H-pyrrole nitrogens is 5. The van der Waals surface area contributed by atoms with Crippen molar-refractivity contribution in [1.29, 1.82) is 0 Å². The molecule has 7 aliphatic rings. The largest absolute Gasteiger partial charge is 0.472 e. The number of aliphatic hydroxyl groups is 1. The Labute approximate surface area is 812 Å². The Morgan fingerprint density at radius 2 is 0.678 bits per heavy atom. The van der Waals surface area contributed by atoms with Crippen molar-refractivity contribution in [2.24, 2.45) is 0 Å². The Kier molecular flexibility index (Phi) is 26.4. The summed E-state index contributed by atoms with van der Waals surface area (Å²) < 4.78 is 189. The van der Waals surface area contributed by atoms with E-state index in [2.05, 4.69) is 79.7 Å². The summed E-state index contributed by atoms with van der Waals surface area (Å²) in [6, 6.07) is 23.3. The number of aliphatic hydroxyl groups excluding tert-OH is 1. The first kappa shape index (κ1) is 99.3. The molecule has 67 heteroatoms. The second-order valence-electron chi connectivity index (χ2n) is 34.4. The number of phosphoric ester groups is 5. The van der Waals surface area contributed by atoms with Crippen molar-refractivity contribution in [3.8, 4) is 11.5 Å². The van der Waals surface area contributed by atoms with Crippen molar-refractivity contribution in [3.63, 3.8) is 0 Å². The highest BCUT2D eigenvalue weighted by Crippen LogP contribution is 2.59. The van der Waals surface area contributed by atoms with Crippen LogP contribution in [0.4, 0.5) is 29.6 Å². The van der Waals surface area contributed by atoms with E-state index in [0.29, 0.717) is 28.2 Å². The normalized spacial score (nSPS) is 27.1. The summed E-state index contributed by atoms with van der Waals surface area (Å²) >= 11 is 0. The molecular weight excluding hydrogens is 2040 g/mol. The van der Waals surface area contributed by atoms with Crippen LogP contribution in [0, 0.1) is 6.92 Å². The zero-order valence-electron chi connectivity index (χ0n) is 75.2. The first-order valence-electron chi connectivity index (χ1n) is 44.3. The van der Waals surface area contributed by atoms with E-state index in [0.717, 1.165) is 39.0 Å². The number of nitrogens with zero attached hydrogens (tertiary/aromatic N) is 17. The summed E-state index contributed by atoms with van der Waals surface area (Å²) in [6.07, 6.45) is -21.9. The average molecular weight is 2130 g/mol. The Hall–Kier alpha value is -12.7. The molecule has 0 bridgehead atoms. The molecular formula is C79H86N27O35P5. The van der Waals surface area contributed by atoms with Gasteiger partial charge >= 0.3 is 44.8 Å². The molecule has 0 radical (unpaired) electrons. The molecule has 21 N–H and O–H groups in total. The summed E-state index contributed by atoms with van der Waals surface area (Å²) in [4.78, 5) is 195. The number of anilines is 5. The number of benzene rings is 3. The van der Waals surface area contributed by atoms with E-state index in [9.17, 15) is 81.2 Å². The number of nitrogens with two attached hydrogens (primary N) is 5. The monoisotopic (exact) mass is 2130 g/mol. The maximum atomic E-state index is 14.9. The molecule has 23 atom stereocenters. The van der Waals surface area contributed by atoms with Crippen molar-refractivity contribution in [3.05, 3.63) is 208 Å². The molecule has 18 heterocycles. The van der Waals surface area contributed by atoms with Gasteiger partial charge < -0.3 is 96.1 Å². The van der Waals surface area contributed by atoms with Gasteiger partial charge in [-0.05, 0) is 24.6 Å². The van der Waals surface area contributed by atoms with E-state index in [1.54, 1.807) is 60.7 Å². The first-order chi connectivity index (χ1) is 69.7. The molecule has 7 aliphatic heterocycles. The highest BCUT2D eigenvalue weighted by Gasteiger charge is 2.54. The van der Waals surface area contributed by atoms with Gasteiger partial charge in [-0.3, -0.25) is 122 Å². The molecule has 21 rings (SSSR count). The van der Waals surface area contributed by atoms with Gasteiger partial charge in [0.2, 0.25) is 23.8 Å². The van der Waals surface area contributed by atoms with E-state index in [4.69, 9.17) is 112 Å². The minimum atomic E-state index is -5.72. The van der Waals surface area contributed by atoms with Crippen molar-refractivity contribution in [2.75, 3.05) is 68.3 Å². The summed E-state index contributed by atoms with van der Waals surface area (Å²) in [5, 5.41) is 11.1. The van der Waals surface area contributed by atoms with Gasteiger partial charge in [-0.2, -0.15) is 19.9 Å². The Morgan fingerprint density at radius 3 is 1.05 bits per heavy atom. The number of imidazole rings is 5. The van der Waals surface area contributed by atoms with Crippen molar-refractivity contribution >= 4 is 125 Å². The van der Waals surface area contributed by atoms with E-state index in [-0.39, 0.29) is 98.4 Å². The number of ether oxygens (including phenoxy) is 8. The molecule has 6 saturated heterocycles. The molecule has 5 unspecified atom stereocenters. The molecule has 62 nitrogen and oxygen atoms in total. The lowest BCUT2D eigenvalue weighted by Gasteiger charge is -2.41. The van der Waals surface area contributed by atoms with Crippen LogP contribution in [0.5, 0.6) is 11.5 Å². The number of fused-ring (bicyclic) bond motifs is 7. The van der Waals surface area contributed by atoms with Crippen molar-refractivity contribution in [1.82, 2.24) is 107 Å².